The fourth-order valence-electron chi connectivity index (χ4n) is 4.52. The average Bonchev–Trinajstić information content (AvgIpc) is 3.15. The molecule has 160 valence electrons. The Morgan fingerprint density at radius 1 is 1.13 bits per heavy atom. The van der Waals surface area contributed by atoms with Gasteiger partial charge >= 0.3 is 0 Å². The zero-order valence-electron chi connectivity index (χ0n) is 18.9. The first-order valence-corrected chi connectivity index (χ1v) is 10.9. The standard InChI is InChI=1S/C23H32N6O/c1-14-7-9-28(10-8-14)20(21-25-26-27-29(21)23(4,5)6)18-13-17-11-15(2)16(3)12-19(17)24-22(18)30/h11-14,20H,7-10H2,1-6H3,(H,24,30)/p+1/t20-/m0/s1. The zero-order valence-corrected chi connectivity index (χ0v) is 18.9. The quantitative estimate of drug-likeness (QED) is 0.696. The Bertz CT molecular complexity index is 1110. The molecule has 7 heteroatoms. The first-order chi connectivity index (χ1) is 14.1. The SMILES string of the molecule is Cc1cc2cc([C@@H](c3nnnn3C(C)(C)C)[NH+]3CCC(C)CC3)c(=O)[nH]c2cc1C. The maximum Gasteiger partial charge on any atom is 0.258 e. The van der Waals surface area contributed by atoms with Crippen molar-refractivity contribution >= 4 is 10.9 Å². The van der Waals surface area contributed by atoms with Gasteiger partial charge in [0.25, 0.3) is 5.56 Å². The molecule has 1 aromatic carbocycles. The second-order valence-corrected chi connectivity index (χ2v) is 9.97. The van der Waals surface area contributed by atoms with Gasteiger partial charge in [-0.05, 0) is 98.5 Å². The lowest BCUT2D eigenvalue weighted by Gasteiger charge is -2.34. The Labute approximate surface area is 177 Å². The van der Waals surface area contributed by atoms with Gasteiger partial charge in [0.05, 0.1) is 24.2 Å². The molecule has 0 bridgehead atoms. The van der Waals surface area contributed by atoms with Gasteiger partial charge in [0.2, 0.25) is 5.82 Å². The third-order valence-corrected chi connectivity index (χ3v) is 6.51. The molecule has 2 aromatic heterocycles. The minimum atomic E-state index is -0.267. The van der Waals surface area contributed by atoms with E-state index in [1.165, 1.54) is 16.0 Å². The summed E-state index contributed by atoms with van der Waals surface area (Å²) in [6, 6.07) is 6.07. The molecule has 7 nitrogen and oxygen atoms in total. The number of fused-ring (bicyclic) bond motifs is 1. The lowest BCUT2D eigenvalue weighted by Crippen LogP contribution is -3.13. The van der Waals surface area contributed by atoms with E-state index in [1.807, 2.05) is 4.68 Å². The first kappa shape index (κ1) is 20.7. The molecular weight excluding hydrogens is 376 g/mol. The third kappa shape index (κ3) is 3.78. The van der Waals surface area contributed by atoms with Crippen LogP contribution in [-0.2, 0) is 5.54 Å². The van der Waals surface area contributed by atoms with E-state index < -0.39 is 0 Å². The molecule has 1 fully saturated rings. The van der Waals surface area contributed by atoms with Crippen molar-refractivity contribution < 1.29 is 4.90 Å². The van der Waals surface area contributed by atoms with Crippen molar-refractivity contribution in [3.05, 3.63) is 51.1 Å². The summed E-state index contributed by atoms with van der Waals surface area (Å²) in [6.07, 6.45) is 2.29. The molecule has 0 saturated carbocycles. The van der Waals surface area contributed by atoms with Crippen LogP contribution in [0.4, 0.5) is 0 Å². The highest BCUT2D eigenvalue weighted by atomic mass is 16.1. The maximum absolute atomic E-state index is 13.3. The normalized spacial score (nSPS) is 21.1. The van der Waals surface area contributed by atoms with Crippen LogP contribution < -0.4 is 10.5 Å². The van der Waals surface area contributed by atoms with Gasteiger partial charge in [-0.1, -0.05) is 6.92 Å². The summed E-state index contributed by atoms with van der Waals surface area (Å²) < 4.78 is 1.88. The topological polar surface area (TPSA) is 80.9 Å². The van der Waals surface area contributed by atoms with Gasteiger partial charge in [-0.25, -0.2) is 4.68 Å². The van der Waals surface area contributed by atoms with Crippen LogP contribution in [0.1, 0.15) is 69.1 Å². The summed E-state index contributed by atoms with van der Waals surface area (Å²) in [5.74, 6) is 1.48. The number of tetrazole rings is 1. The molecule has 3 heterocycles. The van der Waals surface area contributed by atoms with Gasteiger partial charge in [-0.15, -0.1) is 5.10 Å². The number of likely N-dealkylation sites (tertiary alicyclic amines) is 1. The number of aromatic amines is 1. The molecule has 3 aromatic rings. The van der Waals surface area contributed by atoms with Gasteiger partial charge in [0, 0.05) is 5.52 Å². The van der Waals surface area contributed by atoms with Gasteiger partial charge in [0.15, 0.2) is 6.04 Å². The Morgan fingerprint density at radius 2 is 1.80 bits per heavy atom. The summed E-state index contributed by atoms with van der Waals surface area (Å²) >= 11 is 0. The van der Waals surface area contributed by atoms with Crippen LogP contribution in [0.25, 0.3) is 10.9 Å². The van der Waals surface area contributed by atoms with Gasteiger partial charge in [-0.3, -0.25) is 4.79 Å². The molecule has 1 aliphatic rings. The van der Waals surface area contributed by atoms with Crippen LogP contribution in [0.15, 0.2) is 23.0 Å². The monoisotopic (exact) mass is 409 g/mol. The minimum absolute atomic E-state index is 0.0506. The van der Waals surface area contributed by atoms with Crippen LogP contribution in [0.3, 0.4) is 0 Å². The van der Waals surface area contributed by atoms with Gasteiger partial charge < -0.3 is 9.88 Å². The number of quaternary nitrogens is 1. The van der Waals surface area contributed by atoms with E-state index in [0.29, 0.717) is 5.92 Å². The van der Waals surface area contributed by atoms with Crippen molar-refractivity contribution in [3.8, 4) is 0 Å². The summed E-state index contributed by atoms with van der Waals surface area (Å²) in [5.41, 5.74) is 3.70. The summed E-state index contributed by atoms with van der Waals surface area (Å²) in [6.45, 7) is 14.8. The van der Waals surface area contributed by atoms with Crippen molar-refractivity contribution in [2.45, 2.75) is 66.0 Å². The van der Waals surface area contributed by atoms with Crippen LogP contribution in [0, 0.1) is 19.8 Å². The molecule has 4 rings (SSSR count). The molecule has 0 spiro atoms. The second-order valence-electron chi connectivity index (χ2n) is 9.97. The summed E-state index contributed by atoms with van der Waals surface area (Å²) in [7, 11) is 0. The van der Waals surface area contributed by atoms with Gasteiger partial charge in [-0.2, -0.15) is 0 Å². The van der Waals surface area contributed by atoms with Crippen molar-refractivity contribution in [2.24, 2.45) is 5.92 Å². The van der Waals surface area contributed by atoms with Crippen LogP contribution in [0.5, 0.6) is 0 Å². The number of benzene rings is 1. The van der Waals surface area contributed by atoms with Crippen LogP contribution in [-0.4, -0.2) is 38.3 Å². The molecule has 1 aliphatic heterocycles. The van der Waals surface area contributed by atoms with Crippen molar-refractivity contribution in [2.75, 3.05) is 13.1 Å². The molecule has 2 N–H and O–H groups in total. The number of piperidine rings is 1. The Balaban J connectivity index is 1.90. The Hall–Kier alpha value is -2.54. The first-order valence-electron chi connectivity index (χ1n) is 10.9. The summed E-state index contributed by atoms with van der Waals surface area (Å²) in [5, 5.41) is 13.8. The predicted molar refractivity (Wildman–Crippen MR) is 118 cm³/mol. The number of H-pyrrole nitrogens is 1. The molecule has 0 amide bonds. The lowest BCUT2D eigenvalue weighted by molar-refractivity contribution is -0.932. The minimum Gasteiger partial charge on any atom is -0.322 e. The van der Waals surface area contributed by atoms with Crippen molar-refractivity contribution in [1.29, 1.82) is 0 Å². The highest BCUT2D eigenvalue weighted by molar-refractivity contribution is 5.80. The van der Waals surface area contributed by atoms with E-state index in [1.54, 1.807) is 0 Å². The molecular formula is C23H33N6O+. The molecule has 0 aliphatic carbocycles. The van der Waals surface area contributed by atoms with E-state index in [4.69, 9.17) is 0 Å². The number of hydrogen-bond donors (Lipinski definition) is 2. The number of hydrogen-bond acceptors (Lipinski definition) is 4. The molecule has 0 radical (unpaired) electrons. The number of nitrogens with one attached hydrogen (secondary N) is 2. The zero-order chi connectivity index (χ0) is 21.6. The highest BCUT2D eigenvalue weighted by Crippen LogP contribution is 2.24. The second kappa shape index (κ2) is 7.61. The van der Waals surface area contributed by atoms with E-state index in [-0.39, 0.29) is 17.1 Å². The Morgan fingerprint density at radius 3 is 2.47 bits per heavy atom. The van der Waals surface area contributed by atoms with E-state index in [9.17, 15) is 4.79 Å². The van der Waals surface area contributed by atoms with E-state index in [2.05, 4.69) is 80.3 Å². The number of nitrogens with zero attached hydrogens (tertiary/aromatic N) is 4. The average molecular weight is 410 g/mol. The predicted octanol–water partition coefficient (Wildman–Crippen LogP) is 2.29. The number of pyridine rings is 1. The fraction of sp³-hybridized carbons (Fsp3) is 0.565. The van der Waals surface area contributed by atoms with E-state index >= 15 is 0 Å². The van der Waals surface area contributed by atoms with Crippen LogP contribution >= 0.6 is 0 Å². The highest BCUT2D eigenvalue weighted by Gasteiger charge is 2.37. The molecule has 1 saturated heterocycles. The number of aryl methyl sites for hydroxylation is 2. The molecule has 30 heavy (non-hydrogen) atoms. The van der Waals surface area contributed by atoms with Gasteiger partial charge in [0.1, 0.15) is 0 Å². The third-order valence-electron chi connectivity index (χ3n) is 6.51. The smallest absolute Gasteiger partial charge is 0.258 e. The number of rotatable bonds is 3. The largest absolute Gasteiger partial charge is 0.322 e. The Kier molecular flexibility index (Phi) is 5.26. The number of aromatic nitrogens is 5. The van der Waals surface area contributed by atoms with Crippen LogP contribution in [0.2, 0.25) is 0 Å². The fourth-order valence-corrected chi connectivity index (χ4v) is 4.52. The summed E-state index contributed by atoms with van der Waals surface area (Å²) in [4.78, 5) is 17.8. The molecule has 1 atom stereocenters. The van der Waals surface area contributed by atoms with Crippen molar-refractivity contribution in [3.63, 3.8) is 0 Å². The van der Waals surface area contributed by atoms with Crippen molar-refractivity contribution in [1.82, 2.24) is 25.2 Å². The lowest BCUT2D eigenvalue weighted by atomic mass is 9.94. The molecule has 0 unspecified atom stereocenters. The van der Waals surface area contributed by atoms with E-state index in [0.717, 1.165) is 48.2 Å². The maximum atomic E-state index is 13.3.